The van der Waals surface area contributed by atoms with E-state index in [1.807, 2.05) is 0 Å². The molecule has 34 heavy (non-hydrogen) atoms. The largest absolute Gasteiger partial charge is 0.491 e. The number of hydrogen-bond donors (Lipinski definition) is 0. The van der Waals surface area contributed by atoms with Crippen molar-refractivity contribution >= 4 is 0 Å². The van der Waals surface area contributed by atoms with E-state index in [1.54, 1.807) is 13.0 Å². The molecule has 0 amide bonds. The molecule has 2 aromatic rings. The topological polar surface area (TPSA) is 36.9 Å². The van der Waals surface area contributed by atoms with E-state index in [2.05, 4.69) is 31.2 Å². The van der Waals surface area contributed by atoms with Gasteiger partial charge in [0.2, 0.25) is 5.82 Å². The molecule has 2 aromatic carbocycles. The minimum atomic E-state index is -0.956. The fourth-order valence-electron chi connectivity index (χ4n) is 4.83. The predicted molar refractivity (Wildman–Crippen MR) is 127 cm³/mol. The van der Waals surface area contributed by atoms with E-state index in [9.17, 15) is 8.78 Å². The normalized spacial score (nSPS) is 25.3. The molecule has 2 aliphatic rings. The Morgan fingerprint density at radius 1 is 0.853 bits per heavy atom. The number of hydrogen-bond acceptors (Lipinski definition) is 4. The van der Waals surface area contributed by atoms with Crippen molar-refractivity contribution in [2.75, 3.05) is 26.4 Å². The third kappa shape index (κ3) is 5.96. The van der Waals surface area contributed by atoms with Crippen molar-refractivity contribution < 1.29 is 27.7 Å². The van der Waals surface area contributed by atoms with E-state index in [-0.39, 0.29) is 55.4 Å². The number of rotatable bonds is 9. The van der Waals surface area contributed by atoms with Crippen LogP contribution in [0.3, 0.4) is 0 Å². The van der Waals surface area contributed by atoms with Gasteiger partial charge in [-0.2, -0.15) is 4.39 Å². The Bertz CT molecular complexity index is 901. The van der Waals surface area contributed by atoms with E-state index in [4.69, 9.17) is 18.9 Å². The maximum Gasteiger partial charge on any atom is 0.200 e. The lowest BCUT2D eigenvalue weighted by Crippen LogP contribution is -2.40. The van der Waals surface area contributed by atoms with Gasteiger partial charge in [0.15, 0.2) is 17.9 Å². The maximum absolute atomic E-state index is 14.5. The van der Waals surface area contributed by atoms with Gasteiger partial charge in [0.05, 0.1) is 32.5 Å². The van der Waals surface area contributed by atoms with E-state index in [0.717, 1.165) is 19.3 Å². The summed E-state index contributed by atoms with van der Waals surface area (Å²) in [4.78, 5) is 0. The number of aryl methyl sites for hydroxylation is 1. The van der Waals surface area contributed by atoms with Gasteiger partial charge >= 0.3 is 0 Å². The molecule has 0 aromatic heterocycles. The Hall–Kier alpha value is -2.02. The van der Waals surface area contributed by atoms with Crippen LogP contribution in [0.5, 0.6) is 5.75 Å². The van der Waals surface area contributed by atoms with E-state index in [1.165, 1.54) is 36.5 Å². The molecule has 0 bridgehead atoms. The molecule has 2 atom stereocenters. The van der Waals surface area contributed by atoms with Crippen LogP contribution in [0.25, 0.3) is 0 Å². The van der Waals surface area contributed by atoms with Crippen LogP contribution in [0.15, 0.2) is 36.4 Å². The van der Waals surface area contributed by atoms with Gasteiger partial charge < -0.3 is 18.9 Å². The van der Waals surface area contributed by atoms with Gasteiger partial charge in [-0.1, -0.05) is 50.1 Å². The van der Waals surface area contributed by atoms with E-state index >= 15 is 0 Å². The zero-order valence-electron chi connectivity index (χ0n) is 20.2. The molecule has 0 saturated carbocycles. The van der Waals surface area contributed by atoms with Gasteiger partial charge in [-0.15, -0.1) is 0 Å². The van der Waals surface area contributed by atoms with Gasteiger partial charge in [-0.05, 0) is 55.4 Å². The molecule has 0 spiro atoms. The summed E-state index contributed by atoms with van der Waals surface area (Å²) >= 11 is 0. The first-order valence-corrected chi connectivity index (χ1v) is 12.6. The first-order chi connectivity index (χ1) is 16.6. The fourth-order valence-corrected chi connectivity index (χ4v) is 4.83. The van der Waals surface area contributed by atoms with E-state index < -0.39 is 11.6 Å². The van der Waals surface area contributed by atoms with Crippen LogP contribution >= 0.6 is 0 Å². The molecule has 0 N–H and O–H groups in total. The Morgan fingerprint density at radius 2 is 1.62 bits per heavy atom. The highest BCUT2D eigenvalue weighted by Crippen LogP contribution is 2.36. The van der Waals surface area contributed by atoms with Gasteiger partial charge in [0.1, 0.15) is 0 Å². The lowest BCUT2D eigenvalue weighted by atomic mass is 9.92. The second kappa shape index (κ2) is 12.1. The molecule has 0 aliphatic carbocycles. The maximum atomic E-state index is 14.5. The first kappa shape index (κ1) is 25.1. The molecule has 4 rings (SSSR count). The van der Waals surface area contributed by atoms with Crippen LogP contribution < -0.4 is 4.74 Å². The molecular weight excluding hydrogens is 438 g/mol. The average molecular weight is 475 g/mol. The molecule has 4 nitrogen and oxygen atoms in total. The minimum Gasteiger partial charge on any atom is -0.491 e. The van der Waals surface area contributed by atoms with Crippen molar-refractivity contribution in [1.82, 2.24) is 0 Å². The highest BCUT2D eigenvalue weighted by molar-refractivity contribution is 5.33. The molecule has 186 valence electrons. The molecule has 2 heterocycles. The number of ether oxygens (including phenoxy) is 4. The van der Waals surface area contributed by atoms with Gasteiger partial charge in [-0.25, -0.2) is 4.39 Å². The minimum absolute atomic E-state index is 0.0701. The van der Waals surface area contributed by atoms with Crippen molar-refractivity contribution in [2.45, 2.75) is 70.7 Å². The van der Waals surface area contributed by atoms with Gasteiger partial charge in [-0.3, -0.25) is 0 Å². The van der Waals surface area contributed by atoms with Gasteiger partial charge in [0, 0.05) is 11.8 Å². The second-order valence-electron chi connectivity index (χ2n) is 9.30. The summed E-state index contributed by atoms with van der Waals surface area (Å²) in [7, 11) is 0. The molecular formula is C28H36F2O4. The van der Waals surface area contributed by atoms with E-state index in [0.29, 0.717) is 6.61 Å². The lowest BCUT2D eigenvalue weighted by molar-refractivity contribution is -0.231. The Labute approximate surface area is 201 Å². The Morgan fingerprint density at radius 3 is 2.26 bits per heavy atom. The fraction of sp³-hybridized carbons (Fsp3) is 0.571. The number of halogens is 2. The smallest absolute Gasteiger partial charge is 0.200 e. The second-order valence-corrected chi connectivity index (χ2v) is 9.30. The average Bonchev–Trinajstić information content (AvgIpc) is 2.88. The summed E-state index contributed by atoms with van der Waals surface area (Å²) in [5, 5.41) is 0. The third-order valence-electron chi connectivity index (χ3n) is 6.86. The lowest BCUT2D eigenvalue weighted by Gasteiger charge is -2.38. The van der Waals surface area contributed by atoms with Gasteiger partial charge in [0.25, 0.3) is 0 Å². The van der Waals surface area contributed by atoms with Crippen LogP contribution in [0.4, 0.5) is 8.78 Å². The zero-order valence-corrected chi connectivity index (χ0v) is 20.2. The molecule has 6 heteroatoms. The monoisotopic (exact) mass is 474 g/mol. The van der Waals surface area contributed by atoms with Crippen molar-refractivity contribution in [1.29, 1.82) is 0 Å². The van der Waals surface area contributed by atoms with Crippen molar-refractivity contribution in [3.63, 3.8) is 0 Å². The summed E-state index contributed by atoms with van der Waals surface area (Å²) in [6.07, 6.45) is 6.43. The van der Waals surface area contributed by atoms with Crippen LogP contribution in [-0.2, 0) is 20.6 Å². The SMILES string of the molecule is CCCCCc1ccc(C2CCC(C3OCC(c4ccc(OCC)c(F)c4F)CO3)CO2)cc1. The molecule has 0 radical (unpaired) electrons. The van der Waals surface area contributed by atoms with Crippen molar-refractivity contribution in [2.24, 2.45) is 5.92 Å². The van der Waals surface area contributed by atoms with Crippen LogP contribution in [0, 0.1) is 17.6 Å². The summed E-state index contributed by atoms with van der Waals surface area (Å²) in [6.45, 7) is 5.37. The number of unbranched alkanes of at least 4 members (excludes halogenated alkanes) is 2. The summed E-state index contributed by atoms with van der Waals surface area (Å²) < 4.78 is 52.0. The Kier molecular flexibility index (Phi) is 8.92. The summed E-state index contributed by atoms with van der Waals surface area (Å²) in [5.41, 5.74) is 2.86. The third-order valence-corrected chi connectivity index (χ3v) is 6.86. The molecule has 2 aliphatic heterocycles. The molecule has 2 fully saturated rings. The summed E-state index contributed by atoms with van der Waals surface area (Å²) in [5.74, 6) is -2.13. The molecule has 2 saturated heterocycles. The highest BCUT2D eigenvalue weighted by Gasteiger charge is 2.35. The highest BCUT2D eigenvalue weighted by atomic mass is 19.2. The molecule has 2 unspecified atom stereocenters. The zero-order chi connectivity index (χ0) is 23.9. The van der Waals surface area contributed by atoms with Crippen molar-refractivity contribution in [3.8, 4) is 5.75 Å². The van der Waals surface area contributed by atoms with Crippen molar-refractivity contribution in [3.05, 3.63) is 64.7 Å². The first-order valence-electron chi connectivity index (χ1n) is 12.6. The number of benzene rings is 2. The standard InChI is InChI=1S/C28H36F2O4/c1-3-5-6-7-19-8-10-20(11-9-19)24-14-12-21(16-32-24)28-33-17-22(18-34-28)23-13-15-25(31-4-2)27(30)26(23)29/h8-11,13,15,21-22,24,28H,3-7,12,14,16-18H2,1-2H3. The van der Waals surface area contributed by atoms with Crippen LogP contribution in [-0.4, -0.2) is 32.7 Å². The Balaban J connectivity index is 1.25. The van der Waals surface area contributed by atoms with Crippen LogP contribution in [0.1, 0.15) is 74.7 Å². The predicted octanol–water partition coefficient (Wildman–Crippen LogP) is 6.72. The van der Waals surface area contributed by atoms with Crippen LogP contribution in [0.2, 0.25) is 0 Å². The quantitative estimate of drug-likeness (QED) is 0.378. The summed E-state index contributed by atoms with van der Waals surface area (Å²) in [6, 6.07) is 11.8.